The highest BCUT2D eigenvalue weighted by molar-refractivity contribution is 6.99. The predicted molar refractivity (Wildman–Crippen MR) is 170 cm³/mol. The minimum Gasteiger partial charge on any atom is -0.405 e. The number of ether oxygens (including phenoxy) is 3. The zero-order chi connectivity index (χ0) is 30.3. The van der Waals surface area contributed by atoms with E-state index in [1.807, 2.05) is 97.1 Å². The Hall–Kier alpha value is -3.14. The Kier molecular flexibility index (Phi) is 10.3. The second kappa shape index (κ2) is 14.1. The summed E-state index contributed by atoms with van der Waals surface area (Å²) in [5, 5.41) is 24.0. The molecule has 0 aliphatic carbocycles. The molecule has 7 heteroatoms. The quantitative estimate of drug-likeness (QED) is 0.241. The molecule has 0 radical (unpaired) electrons. The summed E-state index contributed by atoms with van der Waals surface area (Å²) in [6.45, 7) is 7.33. The van der Waals surface area contributed by atoms with Crippen LogP contribution < -0.4 is 10.4 Å². The normalized spacial score (nSPS) is 22.8. The first-order valence-corrected chi connectivity index (χ1v) is 16.8. The zero-order valence-corrected chi connectivity index (χ0v) is 26.1. The lowest BCUT2D eigenvalue weighted by Gasteiger charge is -2.46. The van der Waals surface area contributed by atoms with Gasteiger partial charge < -0.3 is 28.8 Å². The monoisotopic (exact) mass is 598 g/mol. The Bertz CT molecular complexity index is 1340. The Morgan fingerprint density at radius 3 is 1.49 bits per heavy atom. The average molecular weight is 599 g/mol. The molecule has 0 saturated carbocycles. The molecule has 5 rings (SSSR count). The summed E-state index contributed by atoms with van der Waals surface area (Å²) >= 11 is 0. The topological polar surface area (TPSA) is 77.4 Å². The van der Waals surface area contributed by atoms with Crippen LogP contribution in [0.15, 0.2) is 121 Å². The summed E-state index contributed by atoms with van der Waals surface area (Å²) < 4.78 is 26.0. The lowest BCUT2D eigenvalue weighted by atomic mass is 9.98. The van der Waals surface area contributed by atoms with Gasteiger partial charge in [-0.25, -0.2) is 0 Å². The first kappa shape index (κ1) is 31.3. The molecule has 0 aromatic heterocycles. The fourth-order valence-electron chi connectivity index (χ4n) is 5.94. The van der Waals surface area contributed by atoms with Crippen molar-refractivity contribution in [2.75, 3.05) is 6.61 Å². The predicted octanol–water partition coefficient (Wildman–Crippen LogP) is 4.81. The van der Waals surface area contributed by atoms with Crippen LogP contribution in [0.4, 0.5) is 0 Å². The minimum absolute atomic E-state index is 0.141. The molecule has 1 heterocycles. The second-order valence-electron chi connectivity index (χ2n) is 12.1. The highest BCUT2D eigenvalue weighted by Crippen LogP contribution is 2.38. The van der Waals surface area contributed by atoms with Crippen LogP contribution in [0.5, 0.6) is 0 Å². The maximum Gasteiger partial charge on any atom is 0.261 e. The SMILES string of the molecule is CC(C)(C)[Si](OCC1O[C@@H](O)C(O)[C@H](OCc2ccccc2)[C@@H]1OCc1ccccc1)(c1ccccc1)c1ccccc1. The van der Waals surface area contributed by atoms with Crippen molar-refractivity contribution in [3.63, 3.8) is 0 Å². The van der Waals surface area contributed by atoms with Crippen LogP contribution in [0.2, 0.25) is 5.04 Å². The molecular weight excluding hydrogens is 556 g/mol. The fraction of sp³-hybridized carbons (Fsp3) is 0.333. The Labute approximate surface area is 256 Å². The molecule has 226 valence electrons. The van der Waals surface area contributed by atoms with E-state index in [1.165, 1.54) is 0 Å². The van der Waals surface area contributed by atoms with Crippen LogP contribution in [-0.2, 0) is 31.9 Å². The van der Waals surface area contributed by atoms with Crippen LogP contribution in [-0.4, -0.2) is 55.8 Å². The van der Waals surface area contributed by atoms with E-state index in [0.717, 1.165) is 21.5 Å². The van der Waals surface area contributed by atoms with Gasteiger partial charge in [-0.2, -0.15) is 0 Å². The first-order valence-electron chi connectivity index (χ1n) is 14.9. The van der Waals surface area contributed by atoms with Gasteiger partial charge in [0, 0.05) is 0 Å². The highest BCUT2D eigenvalue weighted by atomic mass is 28.4. The summed E-state index contributed by atoms with van der Waals surface area (Å²) in [7, 11) is -2.90. The molecule has 5 atom stereocenters. The van der Waals surface area contributed by atoms with Crippen LogP contribution in [0, 0.1) is 0 Å². The smallest absolute Gasteiger partial charge is 0.261 e. The lowest BCUT2D eigenvalue weighted by Crippen LogP contribution is -2.68. The van der Waals surface area contributed by atoms with Gasteiger partial charge in [0.25, 0.3) is 8.32 Å². The summed E-state index contributed by atoms with van der Waals surface area (Å²) in [6.07, 6.45) is -5.01. The van der Waals surface area contributed by atoms with Gasteiger partial charge in [0.1, 0.15) is 24.4 Å². The molecule has 43 heavy (non-hydrogen) atoms. The van der Waals surface area contributed by atoms with Crippen molar-refractivity contribution in [1.29, 1.82) is 0 Å². The molecule has 1 aliphatic heterocycles. The van der Waals surface area contributed by atoms with Crippen LogP contribution >= 0.6 is 0 Å². The van der Waals surface area contributed by atoms with Crippen molar-refractivity contribution in [3.8, 4) is 0 Å². The van der Waals surface area contributed by atoms with Crippen molar-refractivity contribution >= 4 is 18.7 Å². The van der Waals surface area contributed by atoms with E-state index in [9.17, 15) is 10.2 Å². The van der Waals surface area contributed by atoms with Crippen LogP contribution in [0.3, 0.4) is 0 Å². The lowest BCUT2D eigenvalue weighted by molar-refractivity contribution is -0.304. The number of aliphatic hydroxyl groups is 2. The molecule has 0 amide bonds. The molecule has 2 unspecified atom stereocenters. The van der Waals surface area contributed by atoms with Gasteiger partial charge in [-0.05, 0) is 26.5 Å². The van der Waals surface area contributed by atoms with E-state index in [0.29, 0.717) is 6.61 Å². The van der Waals surface area contributed by atoms with Crippen molar-refractivity contribution in [2.45, 2.75) is 69.7 Å². The van der Waals surface area contributed by atoms with E-state index in [4.69, 9.17) is 18.6 Å². The number of aliphatic hydroxyl groups excluding tert-OH is 2. The second-order valence-corrected chi connectivity index (χ2v) is 16.4. The van der Waals surface area contributed by atoms with Gasteiger partial charge >= 0.3 is 0 Å². The van der Waals surface area contributed by atoms with E-state index in [2.05, 4.69) is 45.0 Å². The first-order chi connectivity index (χ1) is 20.8. The zero-order valence-electron chi connectivity index (χ0n) is 25.1. The number of benzene rings is 4. The summed E-state index contributed by atoms with van der Waals surface area (Å²) in [5.74, 6) is 0. The minimum atomic E-state index is -2.90. The molecule has 2 N–H and O–H groups in total. The molecule has 6 nitrogen and oxygen atoms in total. The Morgan fingerprint density at radius 2 is 1.05 bits per heavy atom. The molecule has 1 fully saturated rings. The van der Waals surface area contributed by atoms with Crippen molar-refractivity contribution in [1.82, 2.24) is 0 Å². The maximum absolute atomic E-state index is 11.1. The van der Waals surface area contributed by atoms with Crippen molar-refractivity contribution in [3.05, 3.63) is 132 Å². The Balaban J connectivity index is 1.48. The molecule has 4 aromatic carbocycles. The van der Waals surface area contributed by atoms with E-state index < -0.39 is 39.0 Å². The van der Waals surface area contributed by atoms with Gasteiger partial charge in [-0.3, -0.25) is 0 Å². The van der Waals surface area contributed by atoms with E-state index >= 15 is 0 Å². The van der Waals surface area contributed by atoms with Gasteiger partial charge in [-0.15, -0.1) is 0 Å². The highest BCUT2D eigenvalue weighted by Gasteiger charge is 2.52. The van der Waals surface area contributed by atoms with Crippen molar-refractivity contribution < 1.29 is 28.8 Å². The Morgan fingerprint density at radius 1 is 0.628 bits per heavy atom. The maximum atomic E-state index is 11.1. The van der Waals surface area contributed by atoms with Crippen molar-refractivity contribution in [2.24, 2.45) is 0 Å². The number of hydrogen-bond donors (Lipinski definition) is 2. The molecular formula is C36H42O6Si. The third-order valence-electron chi connectivity index (χ3n) is 8.08. The largest absolute Gasteiger partial charge is 0.405 e. The molecule has 4 aromatic rings. The van der Waals surface area contributed by atoms with Gasteiger partial charge in [0.2, 0.25) is 0 Å². The number of hydrogen-bond acceptors (Lipinski definition) is 6. The van der Waals surface area contributed by atoms with Gasteiger partial charge in [-0.1, -0.05) is 142 Å². The van der Waals surface area contributed by atoms with Crippen LogP contribution in [0.25, 0.3) is 0 Å². The average Bonchev–Trinajstić information content (AvgIpc) is 3.03. The molecule has 0 bridgehead atoms. The van der Waals surface area contributed by atoms with Gasteiger partial charge in [0.15, 0.2) is 6.29 Å². The summed E-state index contributed by atoms with van der Waals surface area (Å²) in [6, 6.07) is 40.4. The fourth-order valence-corrected chi connectivity index (χ4v) is 10.5. The third kappa shape index (κ3) is 7.16. The van der Waals surface area contributed by atoms with Gasteiger partial charge in [0.05, 0.1) is 19.8 Å². The summed E-state index contributed by atoms with van der Waals surface area (Å²) in [4.78, 5) is 0. The summed E-state index contributed by atoms with van der Waals surface area (Å²) in [5.41, 5.74) is 1.94. The molecule has 0 spiro atoms. The van der Waals surface area contributed by atoms with E-state index in [-0.39, 0.29) is 18.3 Å². The number of rotatable bonds is 11. The van der Waals surface area contributed by atoms with E-state index in [1.54, 1.807) is 0 Å². The third-order valence-corrected chi connectivity index (χ3v) is 13.1. The molecule has 1 aliphatic rings. The molecule has 1 saturated heterocycles. The standard InChI is InChI=1S/C36H42O6Si/c1-36(2,3)43(29-20-12-6-13-21-29,30-22-14-7-15-23-30)41-26-31-33(39-24-27-16-8-4-9-17-27)34(32(37)35(38)42-31)40-25-28-18-10-5-11-19-28/h4-23,31-35,37-38H,24-26H2,1-3H3/t31?,32?,33-,34+,35-/m1/s1. The van der Waals surface area contributed by atoms with Crippen LogP contribution in [0.1, 0.15) is 31.9 Å².